The fraction of sp³-hybridized carbons (Fsp3) is 0.280. The van der Waals surface area contributed by atoms with Crippen LogP contribution in [0.1, 0.15) is 42.9 Å². The third-order valence-electron chi connectivity index (χ3n) is 6.16. The zero-order chi connectivity index (χ0) is 23.0. The van der Waals surface area contributed by atoms with Crippen molar-refractivity contribution in [1.82, 2.24) is 4.90 Å². The van der Waals surface area contributed by atoms with Gasteiger partial charge in [-0.05, 0) is 83.5 Å². The van der Waals surface area contributed by atoms with Crippen LogP contribution in [0.4, 0.5) is 4.39 Å². The van der Waals surface area contributed by atoms with Crippen LogP contribution in [0.15, 0.2) is 52.9 Å². The van der Waals surface area contributed by atoms with Crippen molar-refractivity contribution in [3.63, 3.8) is 0 Å². The van der Waals surface area contributed by atoms with Crippen LogP contribution in [-0.2, 0) is 20.4 Å². The number of carbonyl (C=O) groups is 2. The van der Waals surface area contributed by atoms with Crippen LogP contribution in [0.3, 0.4) is 0 Å². The van der Waals surface area contributed by atoms with Gasteiger partial charge in [-0.25, -0.2) is 9.18 Å². The summed E-state index contributed by atoms with van der Waals surface area (Å²) in [4.78, 5) is 26.7. The first-order chi connectivity index (χ1) is 15.3. The third-order valence-corrected chi connectivity index (χ3v) is 7.10. The monoisotopic (exact) mass is 453 g/mol. The molecule has 2 atom stereocenters. The minimum atomic E-state index is -1.06. The molecule has 0 saturated carbocycles. The molecule has 1 aliphatic heterocycles. The predicted molar refractivity (Wildman–Crippen MR) is 123 cm³/mol. The number of nitrogens with zero attached hydrogens (tertiary/aromatic N) is 1. The van der Waals surface area contributed by atoms with E-state index in [0.717, 1.165) is 32.7 Å². The maximum absolute atomic E-state index is 14.1. The summed E-state index contributed by atoms with van der Waals surface area (Å²) in [6.45, 7) is 2.33. The van der Waals surface area contributed by atoms with Crippen LogP contribution in [-0.4, -0.2) is 44.9 Å². The molecule has 32 heavy (non-hydrogen) atoms. The van der Waals surface area contributed by atoms with Crippen LogP contribution in [0.25, 0.3) is 17.2 Å². The summed E-state index contributed by atoms with van der Waals surface area (Å²) >= 11 is 0. The summed E-state index contributed by atoms with van der Waals surface area (Å²) in [5.41, 5.74) is 4.89. The lowest BCUT2D eigenvalue weighted by Gasteiger charge is -2.22. The van der Waals surface area contributed by atoms with E-state index >= 15 is 0 Å². The summed E-state index contributed by atoms with van der Waals surface area (Å²) < 4.78 is 25.7. The largest absolute Gasteiger partial charge is 0.480 e. The normalized spacial score (nSPS) is 20.0. The van der Waals surface area contributed by atoms with E-state index in [2.05, 4.69) is 0 Å². The highest BCUT2D eigenvalue weighted by Gasteiger charge is 2.35. The van der Waals surface area contributed by atoms with Crippen molar-refractivity contribution < 1.29 is 23.3 Å². The summed E-state index contributed by atoms with van der Waals surface area (Å²) in [6.07, 6.45) is 4.74. The van der Waals surface area contributed by atoms with Gasteiger partial charge in [-0.15, -0.1) is 0 Å². The first-order valence-corrected chi connectivity index (χ1v) is 12.0. The zero-order valence-corrected chi connectivity index (χ0v) is 18.7. The van der Waals surface area contributed by atoms with E-state index in [1.54, 1.807) is 12.3 Å². The van der Waals surface area contributed by atoms with E-state index < -0.39 is 22.8 Å². The number of amides is 1. The van der Waals surface area contributed by atoms with Crippen molar-refractivity contribution in [2.75, 3.05) is 12.8 Å². The maximum Gasteiger partial charge on any atom is 0.326 e. The highest BCUT2D eigenvalue weighted by Crippen LogP contribution is 2.44. The standard InChI is InChI=1S/C25H24FNO4S/c1-15-20(12-16-5-8-18(9-6-16)32(2)31)19-10-7-17(26)13-22(19)21(15)14-24(28)27-11-3-4-23(27)25(29)30/h5-10,12-13,23H,3-4,11,14H2,1-2H3,(H,29,30)/b20-12-/t23-,32-/m0/s1. The molecular weight excluding hydrogens is 429 g/mol. The van der Waals surface area contributed by atoms with Gasteiger partial charge in [-0.3, -0.25) is 9.00 Å². The number of hydrogen-bond donors (Lipinski definition) is 1. The van der Waals surface area contributed by atoms with Gasteiger partial charge in [-0.2, -0.15) is 0 Å². The number of fused-ring (bicyclic) bond motifs is 1. The molecule has 1 aliphatic carbocycles. The third kappa shape index (κ3) is 4.17. The molecule has 2 aromatic rings. The highest BCUT2D eigenvalue weighted by molar-refractivity contribution is 7.84. The minimum absolute atomic E-state index is 0.0250. The maximum atomic E-state index is 14.1. The molecule has 2 aromatic carbocycles. The Kier molecular flexibility index (Phi) is 6.11. The Hall–Kier alpha value is -3.06. The molecule has 0 bridgehead atoms. The van der Waals surface area contributed by atoms with Crippen molar-refractivity contribution in [2.45, 2.75) is 37.1 Å². The summed E-state index contributed by atoms with van der Waals surface area (Å²) in [6, 6.07) is 11.1. The Morgan fingerprint density at radius 2 is 1.91 bits per heavy atom. The Bertz CT molecular complexity index is 1180. The van der Waals surface area contributed by atoms with Crippen LogP contribution < -0.4 is 0 Å². The molecule has 0 unspecified atom stereocenters. The van der Waals surface area contributed by atoms with E-state index in [0.29, 0.717) is 24.9 Å². The number of likely N-dealkylation sites (tertiary alicyclic amines) is 1. The lowest BCUT2D eigenvalue weighted by Crippen LogP contribution is -2.40. The molecule has 1 amide bonds. The second-order valence-electron chi connectivity index (χ2n) is 8.13. The molecule has 5 nitrogen and oxygen atoms in total. The molecule has 1 N–H and O–H groups in total. The lowest BCUT2D eigenvalue weighted by molar-refractivity contribution is -0.147. The minimum Gasteiger partial charge on any atom is -0.480 e. The smallest absolute Gasteiger partial charge is 0.326 e. The van der Waals surface area contributed by atoms with Crippen LogP contribution in [0, 0.1) is 5.82 Å². The molecule has 4 rings (SSSR count). The van der Waals surface area contributed by atoms with E-state index in [-0.39, 0.29) is 18.1 Å². The molecule has 1 saturated heterocycles. The fourth-order valence-electron chi connectivity index (χ4n) is 4.48. The van der Waals surface area contributed by atoms with Crippen molar-refractivity contribution in [2.24, 2.45) is 0 Å². The van der Waals surface area contributed by atoms with E-state index in [1.165, 1.54) is 17.0 Å². The van der Waals surface area contributed by atoms with Gasteiger partial charge >= 0.3 is 5.97 Å². The Morgan fingerprint density at radius 3 is 2.56 bits per heavy atom. The number of allylic oxidation sites excluding steroid dienone is 2. The lowest BCUT2D eigenvalue weighted by atomic mass is 10.0. The van der Waals surface area contributed by atoms with Gasteiger partial charge in [0.2, 0.25) is 5.91 Å². The number of carboxylic acid groups (broad SMARTS) is 1. The average molecular weight is 454 g/mol. The number of carboxylic acids is 1. The van der Waals surface area contributed by atoms with Gasteiger partial charge in [-0.1, -0.05) is 18.2 Å². The Morgan fingerprint density at radius 1 is 1.19 bits per heavy atom. The number of aliphatic carboxylic acids is 1. The average Bonchev–Trinajstić information content (AvgIpc) is 3.34. The summed E-state index contributed by atoms with van der Waals surface area (Å²) in [7, 11) is -1.06. The van der Waals surface area contributed by atoms with Gasteiger partial charge in [0.1, 0.15) is 11.9 Å². The second kappa shape index (κ2) is 8.82. The van der Waals surface area contributed by atoms with Gasteiger partial charge in [0.05, 0.1) is 6.42 Å². The number of halogens is 1. The molecule has 1 fully saturated rings. The molecule has 0 aromatic heterocycles. The number of hydrogen-bond acceptors (Lipinski definition) is 3. The summed E-state index contributed by atoms with van der Waals surface area (Å²) in [5.74, 6) is -1.63. The van der Waals surface area contributed by atoms with Crippen molar-refractivity contribution in [3.8, 4) is 0 Å². The van der Waals surface area contributed by atoms with Gasteiger partial charge in [0, 0.05) is 28.5 Å². The Balaban J connectivity index is 1.71. The molecule has 2 aliphatic rings. The van der Waals surface area contributed by atoms with Crippen LogP contribution in [0.5, 0.6) is 0 Å². The molecular formula is C25H24FNO4S. The summed E-state index contributed by atoms with van der Waals surface area (Å²) in [5, 5.41) is 9.42. The number of benzene rings is 2. The van der Waals surface area contributed by atoms with Gasteiger partial charge < -0.3 is 10.0 Å². The number of carbonyl (C=O) groups excluding carboxylic acids is 1. The van der Waals surface area contributed by atoms with Gasteiger partial charge in [0.15, 0.2) is 0 Å². The van der Waals surface area contributed by atoms with E-state index in [9.17, 15) is 23.3 Å². The molecule has 7 heteroatoms. The quantitative estimate of drug-likeness (QED) is 0.730. The van der Waals surface area contributed by atoms with Gasteiger partial charge in [0.25, 0.3) is 0 Å². The molecule has 0 spiro atoms. The SMILES string of the molecule is CC1=C(CC(=O)N2CCC[C@H]2C(=O)O)c2cc(F)ccc2/C1=C\c1ccc([S@](C)=O)cc1. The molecule has 1 heterocycles. The van der Waals surface area contributed by atoms with Crippen molar-refractivity contribution >= 4 is 39.9 Å². The molecule has 166 valence electrons. The topological polar surface area (TPSA) is 74.7 Å². The molecule has 0 radical (unpaired) electrons. The first-order valence-electron chi connectivity index (χ1n) is 10.4. The number of rotatable bonds is 5. The fourth-order valence-corrected chi connectivity index (χ4v) is 5.00. The van der Waals surface area contributed by atoms with Crippen molar-refractivity contribution in [1.29, 1.82) is 0 Å². The van der Waals surface area contributed by atoms with E-state index in [4.69, 9.17) is 0 Å². The second-order valence-corrected chi connectivity index (χ2v) is 9.51. The van der Waals surface area contributed by atoms with Crippen molar-refractivity contribution in [3.05, 3.63) is 70.5 Å². The first kappa shape index (κ1) is 22.1. The zero-order valence-electron chi connectivity index (χ0n) is 17.9. The van der Waals surface area contributed by atoms with Crippen LogP contribution in [0.2, 0.25) is 0 Å². The highest BCUT2D eigenvalue weighted by atomic mass is 32.2. The Labute approximate surface area is 188 Å². The predicted octanol–water partition coefficient (Wildman–Crippen LogP) is 4.36. The van der Waals surface area contributed by atoms with Crippen LogP contribution >= 0.6 is 0 Å². The van der Waals surface area contributed by atoms with E-state index in [1.807, 2.05) is 37.3 Å².